The molecule has 2 rings (SSSR count). The van der Waals surface area contributed by atoms with Gasteiger partial charge in [-0.25, -0.2) is 0 Å². The molecule has 0 aliphatic rings. The van der Waals surface area contributed by atoms with Crippen LogP contribution in [-0.4, -0.2) is 5.91 Å². The van der Waals surface area contributed by atoms with Crippen LogP contribution in [0, 0.1) is 13.8 Å². The number of anilines is 1. The summed E-state index contributed by atoms with van der Waals surface area (Å²) in [5.74, 6) is -0.767. The number of carbonyl (C=O) groups is 1. The second kappa shape index (κ2) is 5.60. The van der Waals surface area contributed by atoms with Gasteiger partial charge in [-0.1, -0.05) is 24.3 Å². The minimum atomic E-state index is -4.56. The maximum absolute atomic E-state index is 12.9. The lowest BCUT2D eigenvalue weighted by Crippen LogP contribution is -2.19. The van der Waals surface area contributed by atoms with E-state index in [-0.39, 0.29) is 5.56 Å². The summed E-state index contributed by atoms with van der Waals surface area (Å²) >= 11 is 0. The van der Waals surface area contributed by atoms with E-state index in [4.69, 9.17) is 0 Å². The van der Waals surface area contributed by atoms with Crippen LogP contribution in [0.1, 0.15) is 27.0 Å². The molecule has 0 heterocycles. The molecule has 0 aromatic heterocycles. The normalized spacial score (nSPS) is 11.3. The average molecular weight is 293 g/mol. The lowest BCUT2D eigenvalue weighted by Gasteiger charge is -2.14. The summed E-state index contributed by atoms with van der Waals surface area (Å²) in [5.41, 5.74) is 0.975. The molecule has 0 unspecified atom stereocenters. The van der Waals surface area contributed by atoms with Gasteiger partial charge in [0, 0.05) is 5.69 Å². The maximum Gasteiger partial charge on any atom is 0.417 e. The molecule has 0 fully saturated rings. The van der Waals surface area contributed by atoms with Gasteiger partial charge in [0.15, 0.2) is 0 Å². The number of alkyl halides is 3. The van der Waals surface area contributed by atoms with Gasteiger partial charge in [0.2, 0.25) is 0 Å². The SMILES string of the molecule is Cc1cccc(NC(=O)c2ccccc2C(F)(F)F)c1C. The van der Waals surface area contributed by atoms with E-state index in [1.807, 2.05) is 13.0 Å². The van der Waals surface area contributed by atoms with E-state index < -0.39 is 17.6 Å². The third-order valence-electron chi connectivity index (χ3n) is 3.33. The minimum Gasteiger partial charge on any atom is -0.322 e. The van der Waals surface area contributed by atoms with Gasteiger partial charge in [-0.15, -0.1) is 0 Å². The fourth-order valence-corrected chi connectivity index (χ4v) is 2.00. The fourth-order valence-electron chi connectivity index (χ4n) is 2.00. The zero-order chi connectivity index (χ0) is 15.6. The van der Waals surface area contributed by atoms with E-state index in [1.165, 1.54) is 18.2 Å². The van der Waals surface area contributed by atoms with Gasteiger partial charge in [-0.3, -0.25) is 4.79 Å². The number of aryl methyl sites for hydroxylation is 1. The standard InChI is InChI=1S/C16H14F3NO/c1-10-6-5-9-14(11(10)2)20-15(21)12-7-3-4-8-13(12)16(17,18)19/h3-9H,1-2H3,(H,20,21). The van der Waals surface area contributed by atoms with Gasteiger partial charge in [-0.05, 0) is 43.2 Å². The number of hydrogen-bond acceptors (Lipinski definition) is 1. The molecule has 0 saturated heterocycles. The first kappa shape index (κ1) is 15.1. The Bertz CT molecular complexity index is 677. The summed E-state index contributed by atoms with van der Waals surface area (Å²) < 4.78 is 38.7. The predicted molar refractivity (Wildman–Crippen MR) is 75.3 cm³/mol. The molecule has 0 radical (unpaired) electrons. The molecule has 0 atom stereocenters. The van der Waals surface area contributed by atoms with E-state index in [1.54, 1.807) is 19.1 Å². The Labute approximate surface area is 120 Å². The molecule has 5 heteroatoms. The van der Waals surface area contributed by atoms with Crippen molar-refractivity contribution in [3.63, 3.8) is 0 Å². The summed E-state index contributed by atoms with van der Waals surface area (Å²) in [6.07, 6.45) is -4.56. The number of rotatable bonds is 2. The molecular formula is C16H14F3NO. The molecule has 2 aromatic rings. The van der Waals surface area contributed by atoms with Crippen molar-refractivity contribution in [2.75, 3.05) is 5.32 Å². The number of carbonyl (C=O) groups excluding carboxylic acids is 1. The van der Waals surface area contributed by atoms with E-state index in [2.05, 4.69) is 5.32 Å². The second-order valence-electron chi connectivity index (χ2n) is 4.74. The summed E-state index contributed by atoms with van der Waals surface area (Å²) in [4.78, 5) is 12.1. The number of amides is 1. The molecule has 1 N–H and O–H groups in total. The van der Waals surface area contributed by atoms with E-state index in [9.17, 15) is 18.0 Å². The zero-order valence-corrected chi connectivity index (χ0v) is 11.6. The third-order valence-corrected chi connectivity index (χ3v) is 3.33. The maximum atomic E-state index is 12.9. The van der Waals surface area contributed by atoms with Crippen LogP contribution in [0.3, 0.4) is 0 Å². The average Bonchev–Trinajstić information content (AvgIpc) is 2.43. The van der Waals surface area contributed by atoms with Crippen molar-refractivity contribution >= 4 is 11.6 Å². The van der Waals surface area contributed by atoms with Crippen molar-refractivity contribution < 1.29 is 18.0 Å². The molecule has 2 nitrogen and oxygen atoms in total. The molecule has 0 aliphatic heterocycles. The van der Waals surface area contributed by atoms with Gasteiger partial charge in [0.05, 0.1) is 11.1 Å². The number of hydrogen-bond donors (Lipinski definition) is 1. The quantitative estimate of drug-likeness (QED) is 0.863. The zero-order valence-electron chi connectivity index (χ0n) is 11.6. The lowest BCUT2D eigenvalue weighted by molar-refractivity contribution is -0.137. The number of benzene rings is 2. The van der Waals surface area contributed by atoms with Crippen molar-refractivity contribution in [1.82, 2.24) is 0 Å². The molecule has 1 amide bonds. The number of nitrogens with one attached hydrogen (secondary N) is 1. The highest BCUT2D eigenvalue weighted by molar-refractivity contribution is 6.05. The summed E-state index contributed by atoms with van der Waals surface area (Å²) in [6.45, 7) is 3.68. The highest BCUT2D eigenvalue weighted by Crippen LogP contribution is 2.32. The third kappa shape index (κ3) is 3.24. The van der Waals surface area contributed by atoms with Gasteiger partial charge in [0.1, 0.15) is 0 Å². The van der Waals surface area contributed by atoms with Crippen LogP contribution in [0.5, 0.6) is 0 Å². The molecule has 2 aromatic carbocycles. The molecular weight excluding hydrogens is 279 g/mol. The van der Waals surface area contributed by atoms with Crippen LogP contribution < -0.4 is 5.32 Å². The summed E-state index contributed by atoms with van der Waals surface area (Å²) in [5, 5.41) is 2.54. The Kier molecular flexibility index (Phi) is 4.02. The highest BCUT2D eigenvalue weighted by atomic mass is 19.4. The van der Waals surface area contributed by atoms with E-state index >= 15 is 0 Å². The Balaban J connectivity index is 2.36. The van der Waals surface area contributed by atoms with Crippen molar-refractivity contribution in [2.45, 2.75) is 20.0 Å². The topological polar surface area (TPSA) is 29.1 Å². The first-order valence-corrected chi connectivity index (χ1v) is 6.34. The summed E-state index contributed by atoms with van der Waals surface area (Å²) in [6, 6.07) is 10.0. The molecule has 0 spiro atoms. The first-order chi connectivity index (χ1) is 9.80. The van der Waals surface area contributed by atoms with Gasteiger partial charge in [-0.2, -0.15) is 13.2 Å². The Morgan fingerprint density at radius 2 is 1.67 bits per heavy atom. The number of halogens is 3. The predicted octanol–water partition coefficient (Wildman–Crippen LogP) is 4.57. The van der Waals surface area contributed by atoms with Crippen molar-refractivity contribution in [3.8, 4) is 0 Å². The van der Waals surface area contributed by atoms with E-state index in [0.29, 0.717) is 5.69 Å². The van der Waals surface area contributed by atoms with Crippen LogP contribution in [0.15, 0.2) is 42.5 Å². The van der Waals surface area contributed by atoms with Crippen LogP contribution in [-0.2, 0) is 6.18 Å². The van der Waals surface area contributed by atoms with Crippen LogP contribution in [0.25, 0.3) is 0 Å². The monoisotopic (exact) mass is 293 g/mol. The first-order valence-electron chi connectivity index (χ1n) is 6.34. The van der Waals surface area contributed by atoms with Crippen LogP contribution in [0.2, 0.25) is 0 Å². The molecule has 0 saturated carbocycles. The van der Waals surface area contributed by atoms with Gasteiger partial charge < -0.3 is 5.32 Å². The molecule has 110 valence electrons. The minimum absolute atomic E-state index is 0.383. The molecule has 21 heavy (non-hydrogen) atoms. The van der Waals surface area contributed by atoms with E-state index in [0.717, 1.165) is 17.2 Å². The lowest BCUT2D eigenvalue weighted by atomic mass is 10.0. The van der Waals surface area contributed by atoms with Crippen molar-refractivity contribution in [3.05, 3.63) is 64.7 Å². The van der Waals surface area contributed by atoms with Crippen LogP contribution in [0.4, 0.5) is 18.9 Å². The fraction of sp³-hybridized carbons (Fsp3) is 0.188. The Hall–Kier alpha value is -2.30. The van der Waals surface area contributed by atoms with Crippen molar-refractivity contribution in [1.29, 1.82) is 0 Å². The largest absolute Gasteiger partial charge is 0.417 e. The highest BCUT2D eigenvalue weighted by Gasteiger charge is 2.34. The van der Waals surface area contributed by atoms with Crippen LogP contribution >= 0.6 is 0 Å². The van der Waals surface area contributed by atoms with Gasteiger partial charge in [0.25, 0.3) is 5.91 Å². The molecule has 0 bridgehead atoms. The second-order valence-corrected chi connectivity index (χ2v) is 4.74. The smallest absolute Gasteiger partial charge is 0.322 e. The summed E-state index contributed by atoms with van der Waals surface area (Å²) in [7, 11) is 0. The van der Waals surface area contributed by atoms with Crippen molar-refractivity contribution in [2.24, 2.45) is 0 Å². The Morgan fingerprint density at radius 1 is 1.00 bits per heavy atom. The molecule has 0 aliphatic carbocycles. The van der Waals surface area contributed by atoms with Gasteiger partial charge >= 0.3 is 6.18 Å². The Morgan fingerprint density at radius 3 is 2.33 bits per heavy atom.